The third kappa shape index (κ3) is 2.38. The molecule has 4 heteroatoms. The molecule has 2 N–H and O–H groups in total. The van der Waals surface area contributed by atoms with Crippen LogP contribution in [0.2, 0.25) is 0 Å². The Bertz CT molecular complexity index is 77.5. The van der Waals surface area contributed by atoms with Crippen LogP contribution in [0.3, 0.4) is 0 Å². The van der Waals surface area contributed by atoms with Gasteiger partial charge in [0.15, 0.2) is 0 Å². The Hall–Kier alpha value is 0.140. The van der Waals surface area contributed by atoms with Crippen molar-refractivity contribution in [2.24, 2.45) is 5.73 Å². The summed E-state index contributed by atoms with van der Waals surface area (Å²) in [7, 11) is 0. The van der Waals surface area contributed by atoms with E-state index in [9.17, 15) is 9.59 Å². The summed E-state index contributed by atoms with van der Waals surface area (Å²) in [6.07, 6.45) is 0. The fraction of sp³-hybridized carbons (Fsp3) is 0. The number of primary amides is 1. The second-order valence-corrected chi connectivity index (χ2v) is 1.83. The van der Waals surface area contributed by atoms with Crippen LogP contribution in [0.25, 0.3) is 0 Å². The van der Waals surface area contributed by atoms with Gasteiger partial charge >= 0.3 is 52.2 Å². The summed E-state index contributed by atoms with van der Waals surface area (Å²) >= 11 is 0.240. The number of carbonyl (C=O) groups excluding carboxylic acids is 2. The molecule has 3 nitrogen and oxygen atoms in total. The molecule has 0 unspecified atom stereocenters. The topological polar surface area (TPSA) is 60.2 Å². The summed E-state index contributed by atoms with van der Waals surface area (Å²) in [5, 5.41) is 0. The third-order valence-corrected chi connectivity index (χ3v) is 0.840. The fourth-order valence-electron chi connectivity index (χ4n) is 0. The maximum atomic E-state index is 9.73. The molecule has 6 heavy (non-hydrogen) atoms. The second-order valence-electron chi connectivity index (χ2n) is 0.920. The average Bonchev–Trinajstić information content (AvgIpc) is 1.36. The van der Waals surface area contributed by atoms with Crippen LogP contribution in [-0.4, -0.2) is 36.9 Å². The Morgan fingerprint density at radius 1 is 1.50 bits per heavy atom. The molecule has 0 radical (unpaired) electrons. The van der Waals surface area contributed by atoms with E-state index < -0.39 is 8.94 Å². The van der Waals surface area contributed by atoms with Crippen molar-refractivity contribution in [1.29, 1.82) is 0 Å². The van der Waals surface area contributed by atoms with Gasteiger partial charge in [-0.1, -0.05) is 0 Å². The molecule has 0 aliphatic carbocycles. The first-order chi connectivity index (χ1) is 2.64. The van der Waals surface area contributed by atoms with Crippen LogP contribution >= 0.6 is 0 Å². The van der Waals surface area contributed by atoms with E-state index in [0.29, 0.717) is 0 Å². The zero-order valence-electron chi connectivity index (χ0n) is 3.39. The van der Waals surface area contributed by atoms with Crippen LogP contribution in [-0.2, 0) is 9.59 Å². The van der Waals surface area contributed by atoms with Crippen molar-refractivity contribution in [2.75, 3.05) is 0 Å². The van der Waals surface area contributed by atoms with Gasteiger partial charge in [0.2, 0.25) is 0 Å². The normalized spacial score (nSPS) is 7.67. The molecule has 1 amide bonds. The molecule has 0 aliphatic heterocycles. The van der Waals surface area contributed by atoms with E-state index in [4.69, 9.17) is 0 Å². The van der Waals surface area contributed by atoms with E-state index in [2.05, 4.69) is 5.73 Å². The molecule has 0 aromatic heterocycles. The van der Waals surface area contributed by atoms with Crippen molar-refractivity contribution < 1.29 is 9.59 Å². The molecule has 0 rings (SSSR count). The molecule has 0 fully saturated rings. The van der Waals surface area contributed by atoms with Crippen LogP contribution < -0.4 is 5.73 Å². The van der Waals surface area contributed by atoms with Crippen molar-refractivity contribution in [1.82, 2.24) is 0 Å². The summed E-state index contributed by atoms with van der Waals surface area (Å²) < 4.78 is -0.463. The van der Waals surface area contributed by atoms with Crippen molar-refractivity contribution in [3.05, 3.63) is 0 Å². The second kappa shape index (κ2) is 2.34. The molecule has 0 spiro atoms. The Kier molecular flexibility index (Phi) is 2.39. The van der Waals surface area contributed by atoms with Gasteiger partial charge < -0.3 is 0 Å². The van der Waals surface area contributed by atoms with Crippen molar-refractivity contribution >= 4 is 36.9 Å². The third-order valence-electron chi connectivity index (χ3n) is 0.347. The number of hydrogen-bond acceptors (Lipinski definition) is 2. The van der Waals surface area contributed by atoms with E-state index >= 15 is 0 Å². The van der Waals surface area contributed by atoms with E-state index in [-0.39, 0.29) is 27.9 Å². The molecular formula is C2H2NNaO2. The van der Waals surface area contributed by atoms with Gasteiger partial charge in [-0.15, -0.1) is 0 Å². The van der Waals surface area contributed by atoms with E-state index in [1.165, 1.54) is 0 Å². The van der Waals surface area contributed by atoms with Crippen LogP contribution in [0, 0.1) is 0 Å². The van der Waals surface area contributed by atoms with Crippen molar-refractivity contribution in [2.45, 2.75) is 0 Å². The molecule has 0 saturated carbocycles. The minimum absolute atomic E-state index is 0.240. The first-order valence-corrected chi connectivity index (χ1v) is 2.45. The molecule has 0 aliphatic rings. The number of nitrogens with two attached hydrogens (primary N) is 1. The Morgan fingerprint density at radius 2 is 1.67 bits per heavy atom. The molecule has 0 atom stereocenters. The first kappa shape index (κ1) is 6.14. The van der Waals surface area contributed by atoms with Gasteiger partial charge in [0.25, 0.3) is 0 Å². The minimum atomic E-state index is -0.818. The number of amides is 1. The number of carbonyl (C=O) groups is 2. The van der Waals surface area contributed by atoms with E-state index in [1.807, 2.05) is 0 Å². The molecule has 0 heterocycles. The summed E-state index contributed by atoms with van der Waals surface area (Å²) in [5.74, 6) is -0.818. The standard InChI is InChI=1S/C2H2NO2.Na/c3-2(5)1-4;/h(H2,3,5);. The van der Waals surface area contributed by atoms with Gasteiger partial charge in [0.05, 0.1) is 0 Å². The van der Waals surface area contributed by atoms with Gasteiger partial charge in [0.1, 0.15) is 0 Å². The molecule has 0 saturated heterocycles. The SMILES string of the molecule is NC(=O)[C](=O)[Na]. The predicted octanol–water partition coefficient (Wildman–Crippen LogP) is -1.83. The molecule has 0 bridgehead atoms. The Morgan fingerprint density at radius 3 is 1.67 bits per heavy atom. The van der Waals surface area contributed by atoms with Crippen LogP contribution in [0.15, 0.2) is 0 Å². The zero-order valence-corrected chi connectivity index (χ0v) is 5.39. The van der Waals surface area contributed by atoms with Crippen LogP contribution in [0.5, 0.6) is 0 Å². The van der Waals surface area contributed by atoms with Gasteiger partial charge in [0, 0.05) is 0 Å². The van der Waals surface area contributed by atoms with Gasteiger partial charge in [-0.2, -0.15) is 0 Å². The predicted molar refractivity (Wildman–Crippen MR) is 20.0 cm³/mol. The molecular weight excluding hydrogens is 93.0 g/mol. The molecule has 0 aromatic rings. The van der Waals surface area contributed by atoms with Crippen molar-refractivity contribution in [3.63, 3.8) is 0 Å². The van der Waals surface area contributed by atoms with Crippen LogP contribution in [0.1, 0.15) is 0 Å². The van der Waals surface area contributed by atoms with Gasteiger partial charge in [-0.3, -0.25) is 0 Å². The summed E-state index contributed by atoms with van der Waals surface area (Å²) in [4.78, 5) is 19.3. The number of hydrogen-bond donors (Lipinski definition) is 1. The summed E-state index contributed by atoms with van der Waals surface area (Å²) in [6, 6.07) is 0. The monoisotopic (exact) mass is 95.0 g/mol. The maximum absolute atomic E-state index is 9.73. The average molecular weight is 95.0 g/mol. The summed E-state index contributed by atoms with van der Waals surface area (Å²) in [5.41, 5.74) is 4.48. The van der Waals surface area contributed by atoms with Gasteiger partial charge in [-0.25, -0.2) is 0 Å². The first-order valence-electron chi connectivity index (χ1n) is 1.45. The quantitative estimate of drug-likeness (QED) is 0.307. The van der Waals surface area contributed by atoms with E-state index in [0.717, 1.165) is 0 Å². The van der Waals surface area contributed by atoms with Gasteiger partial charge in [-0.05, 0) is 0 Å². The molecule has 28 valence electrons. The zero-order chi connectivity index (χ0) is 5.15. The van der Waals surface area contributed by atoms with Crippen molar-refractivity contribution in [3.8, 4) is 0 Å². The molecule has 0 aromatic carbocycles. The Labute approximate surface area is 52.3 Å². The van der Waals surface area contributed by atoms with E-state index in [1.54, 1.807) is 0 Å². The fourth-order valence-corrected chi connectivity index (χ4v) is 0. The Balaban J connectivity index is 3.57. The van der Waals surface area contributed by atoms with Crippen LogP contribution in [0.4, 0.5) is 0 Å². The summed E-state index contributed by atoms with van der Waals surface area (Å²) in [6.45, 7) is 0. The number of rotatable bonds is 1.